The molecule has 2 aromatic rings. The van der Waals surface area contributed by atoms with Crippen LogP contribution in [0.4, 0.5) is 8.78 Å². The lowest BCUT2D eigenvalue weighted by molar-refractivity contribution is -0.137. The van der Waals surface area contributed by atoms with Crippen molar-refractivity contribution in [2.75, 3.05) is 0 Å². The van der Waals surface area contributed by atoms with Crippen LogP contribution < -0.4 is 5.73 Å². The molecule has 0 heterocycles. The molecule has 0 unspecified atom stereocenters. The number of carboxylic acids is 1. The molecule has 1 atom stereocenters. The summed E-state index contributed by atoms with van der Waals surface area (Å²) in [6, 6.07) is 5.75. The third kappa shape index (κ3) is 3.24. The van der Waals surface area contributed by atoms with E-state index in [9.17, 15) is 13.6 Å². The van der Waals surface area contributed by atoms with E-state index in [0.717, 1.165) is 11.1 Å². The zero-order valence-corrected chi connectivity index (χ0v) is 13.3. The van der Waals surface area contributed by atoms with Crippen LogP contribution in [0.15, 0.2) is 24.3 Å². The van der Waals surface area contributed by atoms with Gasteiger partial charge in [0.1, 0.15) is 11.6 Å². The molecule has 0 aliphatic heterocycles. The minimum Gasteiger partial charge on any atom is -0.481 e. The van der Waals surface area contributed by atoms with Crippen LogP contribution >= 0.6 is 0 Å². The number of hydrogen-bond acceptors (Lipinski definition) is 2. The predicted molar refractivity (Wildman–Crippen MR) is 85.2 cm³/mol. The maximum atomic E-state index is 14.9. The third-order valence-electron chi connectivity index (χ3n) is 3.93. The second-order valence-electron chi connectivity index (χ2n) is 5.75. The number of rotatable bonds is 4. The van der Waals surface area contributed by atoms with E-state index in [1.807, 2.05) is 32.0 Å². The van der Waals surface area contributed by atoms with E-state index in [4.69, 9.17) is 10.8 Å². The van der Waals surface area contributed by atoms with E-state index in [1.165, 1.54) is 13.0 Å². The van der Waals surface area contributed by atoms with Gasteiger partial charge in [0.05, 0.1) is 6.42 Å². The third-order valence-corrected chi connectivity index (χ3v) is 3.93. The molecule has 0 radical (unpaired) electrons. The highest BCUT2D eigenvalue weighted by Crippen LogP contribution is 2.35. The molecule has 0 saturated carbocycles. The molecule has 3 nitrogen and oxygen atoms in total. The van der Waals surface area contributed by atoms with Crippen molar-refractivity contribution >= 4 is 5.97 Å². The Morgan fingerprint density at radius 1 is 1.13 bits per heavy atom. The Hall–Kier alpha value is -2.27. The molecule has 0 spiro atoms. The summed E-state index contributed by atoms with van der Waals surface area (Å²) in [5.74, 6) is -2.78. The van der Waals surface area contributed by atoms with Crippen molar-refractivity contribution in [3.8, 4) is 11.1 Å². The molecule has 0 fully saturated rings. The Bertz CT molecular complexity index is 752. The van der Waals surface area contributed by atoms with Crippen LogP contribution in [0.2, 0.25) is 0 Å². The first-order valence-corrected chi connectivity index (χ1v) is 7.26. The lowest BCUT2D eigenvalue weighted by atomic mass is 9.90. The van der Waals surface area contributed by atoms with Crippen molar-refractivity contribution in [2.24, 2.45) is 5.73 Å². The first kappa shape index (κ1) is 17.1. The van der Waals surface area contributed by atoms with Crippen LogP contribution in [0, 0.1) is 32.4 Å². The fourth-order valence-electron chi connectivity index (χ4n) is 2.83. The summed E-state index contributed by atoms with van der Waals surface area (Å²) < 4.78 is 29.3. The molecular formula is C18H19F2NO2. The van der Waals surface area contributed by atoms with Crippen LogP contribution in [-0.4, -0.2) is 11.1 Å². The summed E-state index contributed by atoms with van der Waals surface area (Å²) in [4.78, 5) is 10.8. The molecule has 0 aliphatic carbocycles. The zero-order valence-electron chi connectivity index (χ0n) is 13.3. The molecule has 0 amide bonds. The summed E-state index contributed by atoms with van der Waals surface area (Å²) in [6.45, 7) is 5.21. The summed E-state index contributed by atoms with van der Waals surface area (Å²) in [7, 11) is 0. The summed E-state index contributed by atoms with van der Waals surface area (Å²) >= 11 is 0. The monoisotopic (exact) mass is 319 g/mol. The number of aryl methyl sites for hydroxylation is 3. The fourth-order valence-corrected chi connectivity index (χ4v) is 2.83. The number of carbonyl (C=O) groups is 1. The SMILES string of the molecule is Cc1cc(-c2c(C)cccc2C)c(F)c([C@@H](N)CC(=O)O)c1F. The Morgan fingerprint density at radius 2 is 1.70 bits per heavy atom. The van der Waals surface area contributed by atoms with E-state index in [0.29, 0.717) is 5.56 Å². The normalized spacial score (nSPS) is 12.3. The summed E-state index contributed by atoms with van der Waals surface area (Å²) in [5, 5.41) is 8.85. The molecule has 0 aromatic heterocycles. The highest BCUT2D eigenvalue weighted by Gasteiger charge is 2.25. The number of benzene rings is 2. The molecule has 2 rings (SSSR count). The summed E-state index contributed by atoms with van der Waals surface area (Å²) in [6.07, 6.45) is -0.538. The van der Waals surface area contributed by atoms with Gasteiger partial charge < -0.3 is 10.8 Å². The second-order valence-corrected chi connectivity index (χ2v) is 5.75. The van der Waals surface area contributed by atoms with E-state index in [-0.39, 0.29) is 16.7 Å². The number of carboxylic acid groups (broad SMARTS) is 1. The van der Waals surface area contributed by atoms with Gasteiger partial charge in [-0.05, 0) is 49.1 Å². The Kier molecular flexibility index (Phi) is 4.80. The van der Waals surface area contributed by atoms with Gasteiger partial charge in [-0.15, -0.1) is 0 Å². The number of hydrogen-bond donors (Lipinski definition) is 2. The number of halogens is 2. The lowest BCUT2D eigenvalue weighted by Crippen LogP contribution is -2.19. The molecule has 2 aromatic carbocycles. The smallest absolute Gasteiger partial charge is 0.305 e. The fraction of sp³-hybridized carbons (Fsp3) is 0.278. The maximum Gasteiger partial charge on any atom is 0.305 e. The van der Waals surface area contributed by atoms with Crippen molar-refractivity contribution in [2.45, 2.75) is 33.2 Å². The van der Waals surface area contributed by atoms with Crippen molar-refractivity contribution in [1.29, 1.82) is 0 Å². The Balaban J connectivity index is 2.73. The van der Waals surface area contributed by atoms with Gasteiger partial charge in [0, 0.05) is 17.2 Å². The first-order valence-electron chi connectivity index (χ1n) is 7.26. The van der Waals surface area contributed by atoms with E-state index in [1.54, 1.807) is 0 Å². The summed E-state index contributed by atoms with van der Waals surface area (Å²) in [5.41, 5.74) is 8.23. The topological polar surface area (TPSA) is 63.3 Å². The average molecular weight is 319 g/mol. The molecule has 0 bridgehead atoms. The van der Waals surface area contributed by atoms with Crippen molar-refractivity contribution in [1.82, 2.24) is 0 Å². The van der Waals surface area contributed by atoms with Gasteiger partial charge >= 0.3 is 5.97 Å². The van der Waals surface area contributed by atoms with E-state index < -0.39 is 30.1 Å². The zero-order chi connectivity index (χ0) is 17.3. The Labute approximate surface area is 133 Å². The molecule has 5 heteroatoms. The molecule has 122 valence electrons. The van der Waals surface area contributed by atoms with Gasteiger partial charge in [-0.2, -0.15) is 0 Å². The first-order chi connectivity index (χ1) is 10.7. The quantitative estimate of drug-likeness (QED) is 0.894. The van der Waals surface area contributed by atoms with Crippen molar-refractivity contribution in [3.05, 3.63) is 58.2 Å². The van der Waals surface area contributed by atoms with Gasteiger partial charge in [-0.1, -0.05) is 18.2 Å². The molecular weight excluding hydrogens is 300 g/mol. The Morgan fingerprint density at radius 3 is 2.22 bits per heavy atom. The minimum absolute atomic E-state index is 0.236. The van der Waals surface area contributed by atoms with Gasteiger partial charge in [0.2, 0.25) is 0 Å². The predicted octanol–water partition coefficient (Wildman–Crippen LogP) is 4.03. The van der Waals surface area contributed by atoms with Crippen LogP contribution in [0.1, 0.15) is 34.7 Å². The number of nitrogens with two attached hydrogens (primary N) is 1. The average Bonchev–Trinajstić information content (AvgIpc) is 2.43. The highest BCUT2D eigenvalue weighted by atomic mass is 19.1. The van der Waals surface area contributed by atoms with Gasteiger partial charge in [0.15, 0.2) is 0 Å². The van der Waals surface area contributed by atoms with E-state index in [2.05, 4.69) is 0 Å². The van der Waals surface area contributed by atoms with Crippen LogP contribution in [0.5, 0.6) is 0 Å². The van der Waals surface area contributed by atoms with Crippen molar-refractivity contribution < 1.29 is 18.7 Å². The van der Waals surface area contributed by atoms with E-state index >= 15 is 0 Å². The van der Waals surface area contributed by atoms with Crippen LogP contribution in [0.25, 0.3) is 11.1 Å². The van der Waals surface area contributed by atoms with Gasteiger partial charge in [-0.25, -0.2) is 8.78 Å². The van der Waals surface area contributed by atoms with Crippen LogP contribution in [-0.2, 0) is 4.79 Å². The highest BCUT2D eigenvalue weighted by molar-refractivity contribution is 5.73. The molecule has 0 aliphatic rings. The van der Waals surface area contributed by atoms with Gasteiger partial charge in [0.25, 0.3) is 0 Å². The van der Waals surface area contributed by atoms with Crippen LogP contribution in [0.3, 0.4) is 0 Å². The standard InChI is InChI=1S/C18H19F2NO2/c1-9-5-4-6-10(2)15(9)12-7-11(3)17(19)16(18(12)20)13(21)8-14(22)23/h4-7,13H,8,21H2,1-3H3,(H,22,23)/t13-/m0/s1. The minimum atomic E-state index is -1.24. The lowest BCUT2D eigenvalue weighted by Gasteiger charge is -2.18. The van der Waals surface area contributed by atoms with Gasteiger partial charge in [-0.3, -0.25) is 4.79 Å². The van der Waals surface area contributed by atoms with Crippen molar-refractivity contribution in [3.63, 3.8) is 0 Å². The molecule has 0 saturated heterocycles. The maximum absolute atomic E-state index is 14.9. The molecule has 23 heavy (non-hydrogen) atoms. The largest absolute Gasteiger partial charge is 0.481 e. The second kappa shape index (κ2) is 6.46. The number of aliphatic carboxylic acids is 1. The molecule has 3 N–H and O–H groups in total.